The minimum absolute atomic E-state index is 0.0671. The van der Waals surface area contributed by atoms with E-state index in [0.29, 0.717) is 19.7 Å². The van der Waals surface area contributed by atoms with Crippen LogP contribution in [0.2, 0.25) is 0 Å². The standard InChI is InChI=1S/C26H27F2NO3/c1-3-31-26-13-18(9-11-23(26)28)21-14-19(32-24-7-5-4-6-20(21)24)16-29-15-17-8-10-22(27)25(12-17)30-2/h4-13,19,21,29H,3,14-16H2,1-2H3. The largest absolute Gasteiger partial charge is 0.494 e. The van der Waals surface area contributed by atoms with Gasteiger partial charge in [-0.1, -0.05) is 30.3 Å². The van der Waals surface area contributed by atoms with Crippen molar-refractivity contribution in [1.29, 1.82) is 0 Å². The van der Waals surface area contributed by atoms with Gasteiger partial charge in [-0.2, -0.15) is 0 Å². The molecule has 3 aromatic carbocycles. The fraction of sp³-hybridized carbons (Fsp3) is 0.308. The molecule has 1 aliphatic rings. The molecule has 168 valence electrons. The van der Waals surface area contributed by atoms with Gasteiger partial charge in [0.15, 0.2) is 23.1 Å². The second-order valence-corrected chi connectivity index (χ2v) is 7.79. The lowest BCUT2D eigenvalue weighted by Crippen LogP contribution is -2.35. The molecule has 0 spiro atoms. The Bertz CT molecular complexity index is 1070. The van der Waals surface area contributed by atoms with Gasteiger partial charge in [0.25, 0.3) is 0 Å². The van der Waals surface area contributed by atoms with Gasteiger partial charge in [0.05, 0.1) is 13.7 Å². The number of halogens is 2. The molecule has 6 heteroatoms. The number of nitrogens with one attached hydrogen (secondary N) is 1. The second-order valence-electron chi connectivity index (χ2n) is 7.79. The fourth-order valence-corrected chi connectivity index (χ4v) is 4.13. The predicted molar refractivity (Wildman–Crippen MR) is 120 cm³/mol. The minimum atomic E-state index is -0.378. The fourth-order valence-electron chi connectivity index (χ4n) is 4.13. The number of ether oxygens (including phenoxy) is 3. The first kappa shape index (κ1) is 22.1. The normalized spacial score (nSPS) is 17.4. The highest BCUT2D eigenvalue weighted by Gasteiger charge is 2.29. The zero-order valence-electron chi connectivity index (χ0n) is 18.2. The molecular formula is C26H27F2NO3. The number of para-hydroxylation sites is 1. The number of hydrogen-bond donors (Lipinski definition) is 1. The first-order valence-corrected chi connectivity index (χ1v) is 10.8. The van der Waals surface area contributed by atoms with Crippen molar-refractivity contribution in [2.24, 2.45) is 0 Å². The van der Waals surface area contributed by atoms with Crippen LogP contribution in [0.25, 0.3) is 0 Å². The quantitative estimate of drug-likeness (QED) is 0.507. The van der Waals surface area contributed by atoms with Gasteiger partial charge in [-0.05, 0) is 54.8 Å². The predicted octanol–water partition coefficient (Wildman–Crippen LogP) is 5.44. The summed E-state index contributed by atoms with van der Waals surface area (Å²) in [5, 5.41) is 3.40. The van der Waals surface area contributed by atoms with Crippen LogP contribution in [0.3, 0.4) is 0 Å². The summed E-state index contributed by atoms with van der Waals surface area (Å²) in [5.74, 6) is 0.669. The van der Waals surface area contributed by atoms with Crippen molar-refractivity contribution in [1.82, 2.24) is 5.32 Å². The lowest BCUT2D eigenvalue weighted by molar-refractivity contribution is 0.161. The molecule has 3 aromatic rings. The van der Waals surface area contributed by atoms with Crippen molar-refractivity contribution in [2.75, 3.05) is 20.3 Å². The summed E-state index contributed by atoms with van der Waals surface area (Å²) in [4.78, 5) is 0. The van der Waals surface area contributed by atoms with E-state index >= 15 is 0 Å². The number of rotatable bonds is 8. The van der Waals surface area contributed by atoms with E-state index in [2.05, 4.69) is 11.4 Å². The third-order valence-electron chi connectivity index (χ3n) is 5.66. The molecule has 0 fully saturated rings. The summed E-state index contributed by atoms with van der Waals surface area (Å²) in [6.07, 6.45) is 0.673. The molecule has 0 amide bonds. The van der Waals surface area contributed by atoms with Crippen LogP contribution in [0.4, 0.5) is 8.78 Å². The number of benzene rings is 3. The third kappa shape index (κ3) is 4.86. The van der Waals surface area contributed by atoms with Crippen LogP contribution in [-0.4, -0.2) is 26.4 Å². The maximum Gasteiger partial charge on any atom is 0.165 e. The number of fused-ring (bicyclic) bond motifs is 1. The molecular weight excluding hydrogens is 412 g/mol. The van der Waals surface area contributed by atoms with E-state index in [9.17, 15) is 8.78 Å². The number of methoxy groups -OCH3 is 1. The van der Waals surface area contributed by atoms with Gasteiger partial charge in [0.2, 0.25) is 0 Å². The molecule has 32 heavy (non-hydrogen) atoms. The second kappa shape index (κ2) is 10.0. The van der Waals surface area contributed by atoms with Gasteiger partial charge in [0, 0.05) is 24.6 Å². The molecule has 0 saturated carbocycles. The highest BCUT2D eigenvalue weighted by Crippen LogP contribution is 2.41. The summed E-state index contributed by atoms with van der Waals surface area (Å²) in [7, 11) is 1.45. The molecule has 0 aromatic heterocycles. The van der Waals surface area contributed by atoms with Gasteiger partial charge in [-0.15, -0.1) is 0 Å². The molecule has 0 bridgehead atoms. The zero-order chi connectivity index (χ0) is 22.5. The van der Waals surface area contributed by atoms with E-state index in [-0.39, 0.29) is 35.2 Å². The lowest BCUT2D eigenvalue weighted by Gasteiger charge is -2.33. The Morgan fingerprint density at radius 1 is 1.00 bits per heavy atom. The Labute approximate surface area is 187 Å². The molecule has 4 nitrogen and oxygen atoms in total. The molecule has 1 N–H and O–H groups in total. The van der Waals surface area contributed by atoms with Crippen molar-refractivity contribution in [3.8, 4) is 17.2 Å². The Hall–Kier alpha value is -3.12. The summed E-state index contributed by atoms with van der Waals surface area (Å²) < 4.78 is 44.5. The van der Waals surface area contributed by atoms with Gasteiger partial charge in [-0.25, -0.2) is 8.78 Å². The van der Waals surface area contributed by atoms with E-state index < -0.39 is 0 Å². The molecule has 2 unspecified atom stereocenters. The van der Waals surface area contributed by atoms with Crippen molar-refractivity contribution in [3.63, 3.8) is 0 Å². The first-order chi connectivity index (χ1) is 15.6. The van der Waals surface area contributed by atoms with Crippen LogP contribution < -0.4 is 19.5 Å². The van der Waals surface area contributed by atoms with Crippen LogP contribution in [-0.2, 0) is 6.54 Å². The van der Waals surface area contributed by atoms with Crippen LogP contribution in [0.15, 0.2) is 60.7 Å². The molecule has 0 radical (unpaired) electrons. The van der Waals surface area contributed by atoms with Crippen LogP contribution in [0.5, 0.6) is 17.2 Å². The summed E-state index contributed by atoms with van der Waals surface area (Å²) >= 11 is 0. The monoisotopic (exact) mass is 439 g/mol. The molecule has 2 atom stereocenters. The van der Waals surface area contributed by atoms with Crippen molar-refractivity contribution in [3.05, 3.63) is 89.0 Å². The minimum Gasteiger partial charge on any atom is -0.494 e. The van der Waals surface area contributed by atoms with Gasteiger partial charge < -0.3 is 19.5 Å². The summed E-state index contributed by atoms with van der Waals surface area (Å²) in [6.45, 7) is 3.43. The molecule has 1 aliphatic heterocycles. The Morgan fingerprint density at radius 3 is 2.59 bits per heavy atom. The van der Waals surface area contributed by atoms with E-state index in [1.807, 2.05) is 31.2 Å². The lowest BCUT2D eigenvalue weighted by atomic mass is 9.84. The van der Waals surface area contributed by atoms with Crippen molar-refractivity contribution in [2.45, 2.75) is 31.9 Å². The third-order valence-corrected chi connectivity index (χ3v) is 5.66. The van der Waals surface area contributed by atoms with Gasteiger partial charge >= 0.3 is 0 Å². The molecule has 1 heterocycles. The molecule has 4 rings (SSSR count). The highest BCUT2D eigenvalue weighted by molar-refractivity contribution is 5.46. The van der Waals surface area contributed by atoms with Crippen molar-refractivity contribution < 1.29 is 23.0 Å². The van der Waals surface area contributed by atoms with E-state index in [1.54, 1.807) is 18.2 Å². The van der Waals surface area contributed by atoms with Crippen LogP contribution in [0, 0.1) is 11.6 Å². The number of hydrogen-bond acceptors (Lipinski definition) is 4. The Balaban J connectivity index is 1.49. The Morgan fingerprint density at radius 2 is 1.78 bits per heavy atom. The van der Waals surface area contributed by atoms with Gasteiger partial charge in [0.1, 0.15) is 11.9 Å². The van der Waals surface area contributed by atoms with Gasteiger partial charge in [-0.3, -0.25) is 0 Å². The van der Waals surface area contributed by atoms with Crippen LogP contribution >= 0.6 is 0 Å². The van der Waals surface area contributed by atoms with Crippen LogP contribution in [0.1, 0.15) is 36.0 Å². The van der Waals surface area contributed by atoms with E-state index in [4.69, 9.17) is 14.2 Å². The maximum absolute atomic E-state index is 14.1. The molecule has 0 saturated heterocycles. The SMILES string of the molecule is CCOc1cc(C2CC(CNCc3ccc(F)c(OC)c3)Oc3ccccc32)ccc1F. The highest BCUT2D eigenvalue weighted by atomic mass is 19.1. The van der Waals surface area contributed by atoms with E-state index in [0.717, 1.165) is 28.9 Å². The Kier molecular flexibility index (Phi) is 6.90. The topological polar surface area (TPSA) is 39.7 Å². The van der Waals surface area contributed by atoms with Crippen molar-refractivity contribution >= 4 is 0 Å². The average Bonchev–Trinajstić information content (AvgIpc) is 2.81. The smallest absolute Gasteiger partial charge is 0.165 e. The average molecular weight is 440 g/mol. The molecule has 0 aliphatic carbocycles. The first-order valence-electron chi connectivity index (χ1n) is 10.8. The zero-order valence-corrected chi connectivity index (χ0v) is 18.2. The van der Waals surface area contributed by atoms with E-state index in [1.165, 1.54) is 19.2 Å². The summed E-state index contributed by atoms with van der Waals surface area (Å²) in [6, 6.07) is 17.9. The maximum atomic E-state index is 14.1. The summed E-state index contributed by atoms with van der Waals surface area (Å²) in [5.41, 5.74) is 3.01.